The molecule has 1 aromatic rings. The molecule has 1 aliphatic rings. The third-order valence-corrected chi connectivity index (χ3v) is 3.82. The summed E-state index contributed by atoms with van der Waals surface area (Å²) in [7, 11) is 0. The fourth-order valence-electron chi connectivity index (χ4n) is 2.80. The molecule has 5 nitrogen and oxygen atoms in total. The van der Waals surface area contributed by atoms with Gasteiger partial charge in [-0.3, -0.25) is 9.78 Å². The summed E-state index contributed by atoms with van der Waals surface area (Å²) in [6, 6.07) is 1.78. The Hall–Kier alpha value is -1.62. The van der Waals surface area contributed by atoms with E-state index in [0.29, 0.717) is 17.0 Å². The summed E-state index contributed by atoms with van der Waals surface area (Å²) < 4.78 is 6.04. The van der Waals surface area contributed by atoms with E-state index in [1.54, 1.807) is 13.0 Å². The van der Waals surface area contributed by atoms with Gasteiger partial charge in [0.2, 0.25) is 0 Å². The number of nitrogens with zero attached hydrogens (tertiary/aromatic N) is 1. The maximum Gasteiger partial charge on any atom is 0.254 e. The minimum absolute atomic E-state index is 0.00649. The van der Waals surface area contributed by atoms with Crippen LogP contribution in [0.25, 0.3) is 0 Å². The Morgan fingerprint density at radius 3 is 2.70 bits per heavy atom. The molecule has 0 bridgehead atoms. The van der Waals surface area contributed by atoms with Gasteiger partial charge in [0.15, 0.2) is 0 Å². The van der Waals surface area contributed by atoms with Crippen molar-refractivity contribution in [2.45, 2.75) is 58.1 Å². The van der Waals surface area contributed by atoms with Gasteiger partial charge in [-0.05, 0) is 33.1 Å². The summed E-state index contributed by atoms with van der Waals surface area (Å²) in [6.07, 6.45) is 5.24. The Bertz CT molecular complexity index is 502. The highest BCUT2D eigenvalue weighted by Crippen LogP contribution is 2.27. The Morgan fingerprint density at radius 2 is 2.00 bits per heavy atom. The van der Waals surface area contributed by atoms with Crippen LogP contribution >= 0.6 is 0 Å². The second-order valence-electron chi connectivity index (χ2n) is 5.54. The van der Waals surface area contributed by atoms with Crippen molar-refractivity contribution in [1.29, 1.82) is 0 Å². The molecule has 1 saturated carbocycles. The normalized spacial score (nSPS) is 23.1. The molecule has 1 amide bonds. The zero-order valence-electron chi connectivity index (χ0n) is 12.2. The number of aromatic nitrogens is 1. The van der Waals surface area contributed by atoms with E-state index < -0.39 is 5.91 Å². The van der Waals surface area contributed by atoms with Gasteiger partial charge in [-0.15, -0.1) is 0 Å². The van der Waals surface area contributed by atoms with Gasteiger partial charge in [-0.1, -0.05) is 12.8 Å². The zero-order valence-corrected chi connectivity index (χ0v) is 12.2. The quantitative estimate of drug-likeness (QED) is 0.825. The van der Waals surface area contributed by atoms with Gasteiger partial charge in [-0.2, -0.15) is 0 Å². The summed E-state index contributed by atoms with van der Waals surface area (Å²) >= 11 is 0. The molecule has 2 rings (SSSR count). The topological polar surface area (TPSA) is 91.2 Å². The van der Waals surface area contributed by atoms with Crippen molar-refractivity contribution in [3.63, 3.8) is 0 Å². The van der Waals surface area contributed by atoms with Crippen LogP contribution in [-0.4, -0.2) is 23.0 Å². The van der Waals surface area contributed by atoms with Gasteiger partial charge < -0.3 is 16.2 Å². The molecular weight excluding hydrogens is 254 g/mol. The molecular formula is C15H23N3O2. The maximum absolute atomic E-state index is 11.6. The van der Waals surface area contributed by atoms with Gasteiger partial charge in [0.05, 0.1) is 5.69 Å². The van der Waals surface area contributed by atoms with Crippen molar-refractivity contribution in [2.75, 3.05) is 0 Å². The summed E-state index contributed by atoms with van der Waals surface area (Å²) in [5, 5.41) is 0. The van der Waals surface area contributed by atoms with Crippen LogP contribution in [0.1, 0.15) is 53.8 Å². The van der Waals surface area contributed by atoms with Crippen LogP contribution in [0, 0.1) is 13.8 Å². The van der Waals surface area contributed by atoms with Gasteiger partial charge in [0, 0.05) is 17.8 Å². The second kappa shape index (κ2) is 6.22. The number of rotatable bonds is 3. The van der Waals surface area contributed by atoms with E-state index >= 15 is 0 Å². The predicted molar refractivity (Wildman–Crippen MR) is 77.7 cm³/mol. The van der Waals surface area contributed by atoms with E-state index in [0.717, 1.165) is 31.4 Å². The highest BCUT2D eigenvalue weighted by molar-refractivity contribution is 5.96. The molecule has 1 heterocycles. The lowest BCUT2D eigenvalue weighted by Crippen LogP contribution is -2.38. The van der Waals surface area contributed by atoms with Crippen LogP contribution in [0.15, 0.2) is 6.07 Å². The summed E-state index contributed by atoms with van der Waals surface area (Å²) in [4.78, 5) is 15.9. The van der Waals surface area contributed by atoms with E-state index in [1.165, 1.54) is 6.42 Å². The lowest BCUT2D eigenvalue weighted by atomic mass is 10.1. The summed E-state index contributed by atoms with van der Waals surface area (Å²) in [6.45, 7) is 3.64. The van der Waals surface area contributed by atoms with Crippen molar-refractivity contribution < 1.29 is 9.53 Å². The molecule has 5 heteroatoms. The average molecular weight is 277 g/mol. The molecule has 0 saturated heterocycles. The summed E-state index contributed by atoms with van der Waals surface area (Å²) in [5.74, 6) is 0.0112. The number of primary amides is 1. The van der Waals surface area contributed by atoms with Crippen LogP contribution in [0.2, 0.25) is 0 Å². The summed E-state index contributed by atoms with van der Waals surface area (Å²) in [5.41, 5.74) is 13.4. The Labute approximate surface area is 119 Å². The number of ether oxygens (including phenoxy) is 1. The molecule has 0 aliphatic heterocycles. The minimum atomic E-state index is -0.507. The Morgan fingerprint density at radius 1 is 1.30 bits per heavy atom. The van der Waals surface area contributed by atoms with Crippen LogP contribution in [-0.2, 0) is 0 Å². The predicted octanol–water partition coefficient (Wildman–Crippen LogP) is 1.84. The SMILES string of the molecule is Cc1cc(OC2CCCCCC2N)c(C(N)=O)c(C)n1. The molecule has 20 heavy (non-hydrogen) atoms. The molecule has 2 atom stereocenters. The Balaban J connectivity index is 2.29. The van der Waals surface area contributed by atoms with Gasteiger partial charge in [0.1, 0.15) is 17.4 Å². The molecule has 1 aromatic heterocycles. The standard InChI is InChI=1S/C15H23N3O2/c1-9-8-13(14(15(17)19)10(2)18-9)20-12-7-5-3-4-6-11(12)16/h8,11-12H,3-7,16H2,1-2H3,(H2,17,19). The largest absolute Gasteiger partial charge is 0.488 e. The van der Waals surface area contributed by atoms with Crippen molar-refractivity contribution in [1.82, 2.24) is 4.98 Å². The molecule has 2 unspecified atom stereocenters. The van der Waals surface area contributed by atoms with Gasteiger partial charge in [0.25, 0.3) is 5.91 Å². The van der Waals surface area contributed by atoms with E-state index in [1.807, 2.05) is 6.92 Å². The smallest absolute Gasteiger partial charge is 0.254 e. The number of carbonyl (C=O) groups excluding carboxylic acids is 1. The number of nitrogens with two attached hydrogens (primary N) is 2. The highest BCUT2D eigenvalue weighted by atomic mass is 16.5. The number of pyridine rings is 1. The first-order valence-corrected chi connectivity index (χ1v) is 7.19. The fourth-order valence-corrected chi connectivity index (χ4v) is 2.80. The van der Waals surface area contributed by atoms with E-state index in [-0.39, 0.29) is 12.1 Å². The van der Waals surface area contributed by atoms with Crippen LogP contribution in [0.5, 0.6) is 5.75 Å². The molecule has 0 aromatic carbocycles. The van der Waals surface area contributed by atoms with E-state index in [4.69, 9.17) is 16.2 Å². The van der Waals surface area contributed by atoms with Crippen molar-refractivity contribution >= 4 is 5.91 Å². The molecule has 4 N–H and O–H groups in total. The van der Waals surface area contributed by atoms with Crippen LogP contribution < -0.4 is 16.2 Å². The highest BCUT2D eigenvalue weighted by Gasteiger charge is 2.24. The Kier molecular flexibility index (Phi) is 4.60. The minimum Gasteiger partial charge on any atom is -0.488 e. The number of hydrogen-bond donors (Lipinski definition) is 2. The van der Waals surface area contributed by atoms with Crippen molar-refractivity contribution in [3.05, 3.63) is 23.0 Å². The molecule has 0 spiro atoms. The number of carbonyl (C=O) groups is 1. The van der Waals surface area contributed by atoms with Crippen LogP contribution in [0.4, 0.5) is 0 Å². The first kappa shape index (κ1) is 14.8. The van der Waals surface area contributed by atoms with Crippen molar-refractivity contribution in [3.8, 4) is 5.75 Å². The average Bonchev–Trinajstić information content (AvgIpc) is 2.53. The third kappa shape index (κ3) is 3.28. The lowest BCUT2D eigenvalue weighted by Gasteiger charge is -2.24. The molecule has 1 fully saturated rings. The number of aryl methyl sites for hydroxylation is 2. The van der Waals surface area contributed by atoms with E-state index in [9.17, 15) is 4.79 Å². The zero-order chi connectivity index (χ0) is 14.7. The second-order valence-corrected chi connectivity index (χ2v) is 5.54. The number of hydrogen-bond acceptors (Lipinski definition) is 4. The molecule has 0 radical (unpaired) electrons. The van der Waals surface area contributed by atoms with Gasteiger partial charge in [-0.25, -0.2) is 0 Å². The number of amides is 1. The fraction of sp³-hybridized carbons (Fsp3) is 0.600. The van der Waals surface area contributed by atoms with Crippen molar-refractivity contribution in [2.24, 2.45) is 11.5 Å². The monoisotopic (exact) mass is 277 g/mol. The first-order chi connectivity index (χ1) is 9.49. The third-order valence-electron chi connectivity index (χ3n) is 3.82. The maximum atomic E-state index is 11.6. The first-order valence-electron chi connectivity index (χ1n) is 7.19. The lowest BCUT2D eigenvalue weighted by molar-refractivity contribution is 0.0987. The molecule has 110 valence electrons. The van der Waals surface area contributed by atoms with Crippen LogP contribution in [0.3, 0.4) is 0 Å². The van der Waals surface area contributed by atoms with Gasteiger partial charge >= 0.3 is 0 Å². The van der Waals surface area contributed by atoms with E-state index in [2.05, 4.69) is 4.98 Å². The molecule has 1 aliphatic carbocycles.